The zero-order valence-corrected chi connectivity index (χ0v) is 18.3. The Morgan fingerprint density at radius 1 is 0.971 bits per heavy atom. The monoisotopic (exact) mass is 469 g/mol. The molecular weight excluding hydrogens is 454 g/mol. The van der Waals surface area contributed by atoms with E-state index in [0.717, 1.165) is 5.56 Å². The van der Waals surface area contributed by atoms with Gasteiger partial charge in [-0.05, 0) is 36.4 Å². The van der Waals surface area contributed by atoms with E-state index in [1.54, 1.807) is 36.4 Å². The Morgan fingerprint density at radius 2 is 1.74 bits per heavy atom. The molecule has 0 bridgehead atoms. The highest BCUT2D eigenvalue weighted by Crippen LogP contribution is 2.27. The van der Waals surface area contributed by atoms with E-state index in [1.165, 1.54) is 23.0 Å². The Morgan fingerprint density at radius 3 is 2.50 bits per heavy atom. The first-order chi connectivity index (χ1) is 16.5. The number of carbonyl (C=O) groups is 1. The fourth-order valence-electron chi connectivity index (χ4n) is 3.54. The standard InChI is InChI=1S/C26H16ClN3O4/c27-21-14-17(10-12-19(21)26(32)33)23-13-11-18(34-23)15-28-30-24(16-6-2-1-3-7-16)29-22-9-5-4-8-20(22)25(30)31/h1-15H,(H,32,33). The Bertz CT molecular complexity index is 1620. The Kier molecular flexibility index (Phi) is 5.53. The van der Waals surface area contributed by atoms with Gasteiger partial charge in [0, 0.05) is 11.1 Å². The van der Waals surface area contributed by atoms with E-state index < -0.39 is 5.97 Å². The first-order valence-electron chi connectivity index (χ1n) is 10.3. The molecule has 5 rings (SSSR count). The van der Waals surface area contributed by atoms with Crippen molar-refractivity contribution in [3.05, 3.63) is 112 Å². The van der Waals surface area contributed by atoms with Gasteiger partial charge in [-0.1, -0.05) is 60.1 Å². The SMILES string of the molecule is O=C(O)c1ccc(-c2ccc(C=Nn3c(-c4ccccc4)nc4ccccc4c3=O)o2)cc1Cl. The Hall–Kier alpha value is -4.49. The van der Waals surface area contributed by atoms with Crippen LogP contribution in [0.4, 0.5) is 0 Å². The van der Waals surface area contributed by atoms with Gasteiger partial charge in [0.25, 0.3) is 5.56 Å². The number of rotatable bonds is 5. The van der Waals surface area contributed by atoms with Gasteiger partial charge in [0.1, 0.15) is 11.5 Å². The van der Waals surface area contributed by atoms with Crippen molar-refractivity contribution in [2.24, 2.45) is 5.10 Å². The van der Waals surface area contributed by atoms with E-state index in [1.807, 2.05) is 36.4 Å². The van der Waals surface area contributed by atoms with Gasteiger partial charge in [-0.15, -0.1) is 0 Å². The molecule has 0 aliphatic rings. The topological polar surface area (TPSA) is 97.7 Å². The van der Waals surface area contributed by atoms with Crippen LogP contribution in [0.25, 0.3) is 33.6 Å². The van der Waals surface area contributed by atoms with Gasteiger partial charge < -0.3 is 9.52 Å². The van der Waals surface area contributed by atoms with E-state index >= 15 is 0 Å². The van der Waals surface area contributed by atoms with Gasteiger partial charge >= 0.3 is 5.97 Å². The van der Waals surface area contributed by atoms with Crippen LogP contribution < -0.4 is 5.56 Å². The zero-order chi connectivity index (χ0) is 23.7. The zero-order valence-electron chi connectivity index (χ0n) is 17.6. The van der Waals surface area contributed by atoms with E-state index in [4.69, 9.17) is 21.1 Å². The van der Waals surface area contributed by atoms with E-state index in [-0.39, 0.29) is 16.1 Å². The van der Waals surface area contributed by atoms with Crippen LogP contribution in [-0.2, 0) is 0 Å². The van der Waals surface area contributed by atoms with Crippen molar-refractivity contribution in [1.29, 1.82) is 0 Å². The summed E-state index contributed by atoms with van der Waals surface area (Å²) in [4.78, 5) is 29.0. The van der Waals surface area contributed by atoms with Gasteiger partial charge in [-0.3, -0.25) is 4.79 Å². The predicted octanol–water partition coefficient (Wildman–Crippen LogP) is 5.56. The van der Waals surface area contributed by atoms with E-state index in [2.05, 4.69) is 10.1 Å². The van der Waals surface area contributed by atoms with Crippen LogP contribution in [0, 0.1) is 0 Å². The third kappa shape index (κ3) is 4.00. The van der Waals surface area contributed by atoms with Crippen LogP contribution in [0.2, 0.25) is 5.02 Å². The highest BCUT2D eigenvalue weighted by molar-refractivity contribution is 6.33. The lowest BCUT2D eigenvalue weighted by Crippen LogP contribution is -2.20. The van der Waals surface area contributed by atoms with Crippen LogP contribution in [0.3, 0.4) is 0 Å². The summed E-state index contributed by atoms with van der Waals surface area (Å²) in [6.07, 6.45) is 1.43. The first kappa shape index (κ1) is 21.4. The molecule has 0 atom stereocenters. The van der Waals surface area contributed by atoms with Crippen LogP contribution >= 0.6 is 11.6 Å². The number of fused-ring (bicyclic) bond motifs is 1. The molecule has 2 heterocycles. The molecule has 8 heteroatoms. The number of carboxylic acids is 1. The fourth-order valence-corrected chi connectivity index (χ4v) is 3.80. The fraction of sp³-hybridized carbons (Fsp3) is 0. The van der Waals surface area contributed by atoms with Gasteiger partial charge in [-0.25, -0.2) is 9.78 Å². The predicted molar refractivity (Wildman–Crippen MR) is 131 cm³/mol. The number of carboxylic acid groups (broad SMARTS) is 1. The molecule has 166 valence electrons. The summed E-state index contributed by atoms with van der Waals surface area (Å²) in [5.41, 5.74) is 1.65. The summed E-state index contributed by atoms with van der Waals surface area (Å²) in [5, 5.41) is 14.1. The van der Waals surface area contributed by atoms with Crippen molar-refractivity contribution >= 4 is 34.7 Å². The van der Waals surface area contributed by atoms with Crippen LogP contribution in [0.15, 0.2) is 99.2 Å². The normalized spacial score (nSPS) is 11.3. The third-order valence-corrected chi connectivity index (χ3v) is 5.51. The van der Waals surface area contributed by atoms with E-state index in [9.17, 15) is 9.59 Å². The molecule has 5 aromatic rings. The quantitative estimate of drug-likeness (QED) is 0.340. The molecule has 7 nitrogen and oxygen atoms in total. The van der Waals surface area contributed by atoms with Crippen LogP contribution in [-0.4, -0.2) is 27.0 Å². The van der Waals surface area contributed by atoms with Gasteiger partial charge in [-0.2, -0.15) is 9.78 Å². The van der Waals surface area contributed by atoms with Gasteiger partial charge in [0.2, 0.25) is 0 Å². The molecule has 3 aromatic carbocycles. The number of halogens is 1. The van der Waals surface area contributed by atoms with Crippen molar-refractivity contribution in [3.63, 3.8) is 0 Å². The minimum absolute atomic E-state index is 0.00961. The summed E-state index contributed by atoms with van der Waals surface area (Å²) >= 11 is 6.07. The average Bonchev–Trinajstić information content (AvgIpc) is 3.33. The molecule has 2 aromatic heterocycles. The summed E-state index contributed by atoms with van der Waals surface area (Å²) in [5.74, 6) is 0.177. The minimum atomic E-state index is -1.10. The molecule has 0 spiro atoms. The second kappa shape index (κ2) is 8.80. The number of hydrogen-bond acceptors (Lipinski definition) is 5. The van der Waals surface area contributed by atoms with Crippen LogP contribution in [0.1, 0.15) is 16.1 Å². The van der Waals surface area contributed by atoms with Crippen molar-refractivity contribution in [2.45, 2.75) is 0 Å². The number of para-hydroxylation sites is 1. The number of aromatic nitrogens is 2. The van der Waals surface area contributed by atoms with Crippen molar-refractivity contribution in [1.82, 2.24) is 9.66 Å². The molecule has 0 aliphatic heterocycles. The number of hydrogen-bond donors (Lipinski definition) is 1. The lowest BCUT2D eigenvalue weighted by Gasteiger charge is -2.09. The van der Waals surface area contributed by atoms with Crippen LogP contribution in [0.5, 0.6) is 0 Å². The van der Waals surface area contributed by atoms with E-state index in [0.29, 0.717) is 33.8 Å². The smallest absolute Gasteiger partial charge is 0.337 e. The molecule has 34 heavy (non-hydrogen) atoms. The first-order valence-corrected chi connectivity index (χ1v) is 10.6. The summed E-state index contributed by atoms with van der Waals surface area (Å²) in [7, 11) is 0. The highest BCUT2D eigenvalue weighted by Gasteiger charge is 2.13. The number of nitrogens with zero attached hydrogens (tertiary/aromatic N) is 3. The van der Waals surface area contributed by atoms with Crippen molar-refractivity contribution in [3.8, 4) is 22.7 Å². The maximum Gasteiger partial charge on any atom is 0.337 e. The summed E-state index contributed by atoms with van der Waals surface area (Å²) < 4.78 is 7.08. The van der Waals surface area contributed by atoms with Crippen molar-refractivity contribution in [2.75, 3.05) is 0 Å². The molecule has 0 aliphatic carbocycles. The molecular formula is C26H16ClN3O4. The molecule has 0 radical (unpaired) electrons. The lowest BCUT2D eigenvalue weighted by molar-refractivity contribution is 0.0697. The average molecular weight is 470 g/mol. The number of aromatic carboxylic acids is 1. The maximum absolute atomic E-state index is 13.2. The third-order valence-electron chi connectivity index (χ3n) is 5.20. The molecule has 1 N–H and O–H groups in total. The maximum atomic E-state index is 13.2. The Balaban J connectivity index is 1.55. The minimum Gasteiger partial charge on any atom is -0.478 e. The van der Waals surface area contributed by atoms with Gasteiger partial charge in [0.15, 0.2) is 5.82 Å². The molecule has 0 unspecified atom stereocenters. The molecule has 0 saturated carbocycles. The molecule has 0 saturated heterocycles. The molecule has 0 fully saturated rings. The second-order valence-corrected chi connectivity index (χ2v) is 7.79. The molecule has 0 amide bonds. The summed E-state index contributed by atoms with van der Waals surface area (Å²) in [6, 6.07) is 24.4. The highest BCUT2D eigenvalue weighted by atomic mass is 35.5. The van der Waals surface area contributed by atoms with Crippen molar-refractivity contribution < 1.29 is 14.3 Å². The Labute approximate surface area is 198 Å². The van der Waals surface area contributed by atoms with Gasteiger partial charge in [0.05, 0.1) is 27.7 Å². The number of benzene rings is 3. The second-order valence-electron chi connectivity index (χ2n) is 7.38. The number of furan rings is 1. The summed E-state index contributed by atoms with van der Waals surface area (Å²) in [6.45, 7) is 0. The largest absolute Gasteiger partial charge is 0.478 e. The lowest BCUT2D eigenvalue weighted by atomic mass is 10.1.